The number of aromatic nitrogens is 1. The summed E-state index contributed by atoms with van der Waals surface area (Å²) >= 11 is 0. The predicted molar refractivity (Wildman–Crippen MR) is 71.1 cm³/mol. The van der Waals surface area contributed by atoms with E-state index in [4.69, 9.17) is 15.6 Å². The van der Waals surface area contributed by atoms with Crippen LogP contribution < -0.4 is 10.5 Å². The second kappa shape index (κ2) is 5.39. The zero-order chi connectivity index (χ0) is 13.8. The summed E-state index contributed by atoms with van der Waals surface area (Å²) in [5.41, 5.74) is 6.98. The van der Waals surface area contributed by atoms with Crippen molar-refractivity contribution in [2.75, 3.05) is 5.73 Å². The van der Waals surface area contributed by atoms with Crippen molar-refractivity contribution >= 4 is 11.7 Å². The maximum Gasteiger partial charge on any atom is 0.337 e. The van der Waals surface area contributed by atoms with E-state index in [2.05, 4.69) is 4.98 Å². The second-order valence-electron chi connectivity index (χ2n) is 4.09. The third-order valence-corrected chi connectivity index (χ3v) is 2.68. The van der Waals surface area contributed by atoms with E-state index in [1.54, 1.807) is 0 Å². The number of pyridine rings is 1. The van der Waals surface area contributed by atoms with Crippen LogP contribution in [0.2, 0.25) is 0 Å². The van der Waals surface area contributed by atoms with E-state index < -0.39 is 5.97 Å². The van der Waals surface area contributed by atoms with E-state index >= 15 is 0 Å². The minimum atomic E-state index is -1.07. The number of carboxylic acids is 1. The molecule has 0 bridgehead atoms. The van der Waals surface area contributed by atoms with Crippen molar-refractivity contribution < 1.29 is 14.6 Å². The lowest BCUT2D eigenvalue weighted by atomic mass is 10.1. The molecular formula is C14H14N2O3. The van der Waals surface area contributed by atoms with Crippen molar-refractivity contribution in [1.29, 1.82) is 0 Å². The number of ether oxygens (including phenoxy) is 1. The number of aromatic carboxylic acids is 1. The van der Waals surface area contributed by atoms with Crippen molar-refractivity contribution in [1.82, 2.24) is 4.98 Å². The number of rotatable bonds is 4. The summed E-state index contributed by atoms with van der Waals surface area (Å²) in [6.45, 7) is 1.88. The summed E-state index contributed by atoms with van der Waals surface area (Å²) in [5.74, 6) is -0.830. The fraction of sp³-hybridized carbons (Fsp3) is 0.143. The molecule has 3 N–H and O–H groups in total. The molecule has 1 atom stereocenters. The Kier molecular flexibility index (Phi) is 3.66. The number of nitrogens with zero attached hydrogens (tertiary/aromatic N) is 1. The lowest BCUT2D eigenvalue weighted by Crippen LogP contribution is -2.07. The molecule has 0 spiro atoms. The molecule has 0 saturated carbocycles. The molecule has 1 aromatic heterocycles. The fourth-order valence-electron chi connectivity index (χ4n) is 1.64. The minimum absolute atomic E-state index is 0.0391. The molecule has 1 aromatic carbocycles. The molecule has 0 aliphatic rings. The van der Waals surface area contributed by atoms with Gasteiger partial charge in [-0.3, -0.25) is 0 Å². The van der Waals surface area contributed by atoms with Gasteiger partial charge in [0.2, 0.25) is 5.88 Å². The number of carboxylic acid groups (broad SMARTS) is 1. The zero-order valence-corrected chi connectivity index (χ0v) is 10.4. The van der Waals surface area contributed by atoms with Gasteiger partial charge in [-0.05, 0) is 18.6 Å². The third-order valence-electron chi connectivity index (χ3n) is 2.68. The van der Waals surface area contributed by atoms with E-state index in [-0.39, 0.29) is 23.2 Å². The molecule has 5 nitrogen and oxygen atoms in total. The van der Waals surface area contributed by atoms with Crippen LogP contribution in [-0.2, 0) is 0 Å². The van der Waals surface area contributed by atoms with Crippen molar-refractivity contribution in [2.24, 2.45) is 0 Å². The van der Waals surface area contributed by atoms with Gasteiger partial charge in [0, 0.05) is 6.20 Å². The van der Waals surface area contributed by atoms with Gasteiger partial charge in [-0.1, -0.05) is 30.3 Å². The van der Waals surface area contributed by atoms with Crippen LogP contribution in [-0.4, -0.2) is 16.1 Å². The largest absolute Gasteiger partial charge is 0.478 e. The molecule has 0 radical (unpaired) electrons. The van der Waals surface area contributed by atoms with Crippen LogP contribution in [0.25, 0.3) is 0 Å². The first kappa shape index (κ1) is 12.9. The average Bonchev–Trinajstić information content (AvgIpc) is 2.41. The Hall–Kier alpha value is -2.56. The van der Waals surface area contributed by atoms with E-state index in [9.17, 15) is 4.79 Å². The molecule has 0 aliphatic carbocycles. The maximum absolute atomic E-state index is 10.8. The maximum atomic E-state index is 10.8. The number of hydrogen-bond acceptors (Lipinski definition) is 4. The van der Waals surface area contributed by atoms with Gasteiger partial charge in [0.05, 0.1) is 11.3 Å². The van der Waals surface area contributed by atoms with Crippen LogP contribution in [0.4, 0.5) is 5.69 Å². The number of nitrogen functional groups attached to an aromatic ring is 1. The number of benzene rings is 1. The Balaban J connectivity index is 2.18. The molecule has 1 unspecified atom stereocenters. The highest BCUT2D eigenvalue weighted by molar-refractivity contribution is 5.88. The smallest absolute Gasteiger partial charge is 0.337 e. The van der Waals surface area contributed by atoms with Gasteiger partial charge in [-0.25, -0.2) is 9.78 Å². The van der Waals surface area contributed by atoms with Crippen LogP contribution in [0.3, 0.4) is 0 Å². The Morgan fingerprint density at radius 1 is 1.37 bits per heavy atom. The van der Waals surface area contributed by atoms with Gasteiger partial charge in [-0.15, -0.1) is 0 Å². The second-order valence-corrected chi connectivity index (χ2v) is 4.09. The Morgan fingerprint density at radius 2 is 2.05 bits per heavy atom. The molecule has 0 saturated heterocycles. The molecule has 0 fully saturated rings. The van der Waals surface area contributed by atoms with Crippen LogP contribution in [0.5, 0.6) is 5.88 Å². The molecule has 2 rings (SSSR count). The fourth-order valence-corrected chi connectivity index (χ4v) is 1.64. The summed E-state index contributed by atoms with van der Waals surface area (Å²) in [6, 6.07) is 11.0. The van der Waals surface area contributed by atoms with Crippen LogP contribution in [0.1, 0.15) is 28.9 Å². The van der Waals surface area contributed by atoms with Crippen molar-refractivity contribution in [3.63, 3.8) is 0 Å². The van der Waals surface area contributed by atoms with Crippen LogP contribution in [0.15, 0.2) is 42.6 Å². The van der Waals surface area contributed by atoms with Gasteiger partial charge in [-0.2, -0.15) is 0 Å². The Labute approximate surface area is 110 Å². The minimum Gasteiger partial charge on any atom is -0.478 e. The van der Waals surface area contributed by atoms with Crippen molar-refractivity contribution in [3.8, 4) is 5.88 Å². The van der Waals surface area contributed by atoms with Gasteiger partial charge < -0.3 is 15.6 Å². The normalized spacial score (nSPS) is 11.8. The molecule has 0 aliphatic heterocycles. The van der Waals surface area contributed by atoms with Crippen LogP contribution in [0, 0.1) is 0 Å². The molecule has 2 aromatic rings. The summed E-state index contributed by atoms with van der Waals surface area (Å²) in [6.07, 6.45) is 1.01. The van der Waals surface area contributed by atoms with Gasteiger partial charge in [0.1, 0.15) is 6.10 Å². The lowest BCUT2D eigenvalue weighted by molar-refractivity contribution is 0.0696. The predicted octanol–water partition coefficient (Wildman–Crippen LogP) is 2.50. The summed E-state index contributed by atoms with van der Waals surface area (Å²) < 4.78 is 5.64. The molecule has 19 heavy (non-hydrogen) atoms. The number of nitrogens with two attached hydrogens (primary N) is 1. The van der Waals surface area contributed by atoms with Crippen molar-refractivity contribution in [3.05, 3.63) is 53.7 Å². The molecular weight excluding hydrogens is 244 g/mol. The monoisotopic (exact) mass is 258 g/mol. The lowest BCUT2D eigenvalue weighted by Gasteiger charge is -2.15. The number of carbonyl (C=O) groups is 1. The number of anilines is 1. The first-order valence-electron chi connectivity index (χ1n) is 5.78. The number of hydrogen-bond donors (Lipinski definition) is 2. The van der Waals surface area contributed by atoms with Gasteiger partial charge >= 0.3 is 5.97 Å². The Bertz CT molecular complexity index is 584. The van der Waals surface area contributed by atoms with Crippen molar-refractivity contribution in [2.45, 2.75) is 13.0 Å². The van der Waals surface area contributed by atoms with Gasteiger partial charge in [0.25, 0.3) is 0 Å². The first-order valence-corrected chi connectivity index (χ1v) is 5.78. The molecule has 1 heterocycles. The topological polar surface area (TPSA) is 85.4 Å². The molecule has 0 amide bonds. The molecule has 98 valence electrons. The summed E-state index contributed by atoms with van der Waals surface area (Å²) in [4.78, 5) is 14.7. The average molecular weight is 258 g/mol. The SMILES string of the molecule is CC(Oc1ncc(C(=O)O)cc1N)c1ccccc1. The van der Waals surface area contributed by atoms with E-state index in [1.807, 2.05) is 37.3 Å². The highest BCUT2D eigenvalue weighted by Gasteiger charge is 2.12. The molecule has 5 heteroatoms. The third kappa shape index (κ3) is 3.01. The highest BCUT2D eigenvalue weighted by Crippen LogP contribution is 2.25. The standard InChI is InChI=1S/C14H14N2O3/c1-9(10-5-3-2-4-6-10)19-13-12(15)7-11(8-16-13)14(17)18/h2-9H,15H2,1H3,(H,17,18). The van der Waals surface area contributed by atoms with E-state index in [1.165, 1.54) is 12.3 Å². The van der Waals surface area contributed by atoms with Crippen LogP contribution >= 0.6 is 0 Å². The van der Waals surface area contributed by atoms with E-state index in [0.29, 0.717) is 0 Å². The summed E-state index contributed by atoms with van der Waals surface area (Å²) in [5, 5.41) is 8.82. The van der Waals surface area contributed by atoms with Gasteiger partial charge in [0.15, 0.2) is 0 Å². The zero-order valence-electron chi connectivity index (χ0n) is 10.4. The summed E-state index contributed by atoms with van der Waals surface area (Å²) in [7, 11) is 0. The first-order chi connectivity index (χ1) is 9.08. The highest BCUT2D eigenvalue weighted by atomic mass is 16.5. The van der Waals surface area contributed by atoms with E-state index in [0.717, 1.165) is 5.56 Å². The quantitative estimate of drug-likeness (QED) is 0.880. The Morgan fingerprint density at radius 3 is 2.63 bits per heavy atom.